The minimum Gasteiger partial charge on any atom is -0.380 e. The molecule has 0 aromatic heterocycles. The minimum atomic E-state index is -0.520. The Bertz CT molecular complexity index is 765. The lowest BCUT2D eigenvalue weighted by Crippen LogP contribution is -2.43. The molecule has 27 heavy (non-hydrogen) atoms. The lowest BCUT2D eigenvalue weighted by molar-refractivity contribution is -0.385. The Hall–Kier alpha value is -2.64. The molecule has 146 valence electrons. The highest BCUT2D eigenvalue weighted by Gasteiger charge is 2.36. The summed E-state index contributed by atoms with van der Waals surface area (Å²) in [7, 11) is 0. The van der Waals surface area contributed by atoms with Gasteiger partial charge in [0.1, 0.15) is 5.56 Å². The predicted molar refractivity (Wildman–Crippen MR) is 102 cm³/mol. The molecule has 1 aromatic rings. The zero-order valence-corrected chi connectivity index (χ0v) is 16.0. The normalized spacial score (nSPS) is 20.3. The van der Waals surface area contributed by atoms with Gasteiger partial charge in [-0.2, -0.15) is 0 Å². The smallest absolute Gasteiger partial charge is 0.282 e. The lowest BCUT2D eigenvalue weighted by atomic mass is 10.1. The minimum absolute atomic E-state index is 0.0790. The van der Waals surface area contributed by atoms with Crippen LogP contribution in [0.25, 0.3) is 0 Å². The van der Waals surface area contributed by atoms with E-state index in [-0.39, 0.29) is 34.6 Å². The van der Waals surface area contributed by atoms with E-state index in [1.54, 1.807) is 17.0 Å². The van der Waals surface area contributed by atoms with E-state index in [0.717, 1.165) is 12.8 Å². The zero-order chi connectivity index (χ0) is 19.8. The zero-order valence-electron chi connectivity index (χ0n) is 16.0. The topological polar surface area (TPSA) is 95.8 Å². The van der Waals surface area contributed by atoms with Crippen molar-refractivity contribution in [2.75, 3.05) is 25.0 Å². The van der Waals surface area contributed by atoms with Crippen LogP contribution >= 0.6 is 0 Å². The molecule has 1 unspecified atom stereocenters. The number of benzene rings is 1. The average molecular weight is 374 g/mol. The van der Waals surface area contributed by atoms with E-state index in [4.69, 9.17) is 0 Å². The number of hydrogen-bond acceptors (Lipinski definition) is 5. The van der Waals surface area contributed by atoms with Crippen LogP contribution in [-0.2, 0) is 4.79 Å². The van der Waals surface area contributed by atoms with Crippen LogP contribution in [-0.4, -0.2) is 57.8 Å². The first kappa shape index (κ1) is 19.1. The third-order valence-corrected chi connectivity index (χ3v) is 5.12. The number of carbonyl (C=O) groups excluding carboxylic acids is 2. The maximum Gasteiger partial charge on any atom is 0.282 e. The molecule has 8 nitrogen and oxygen atoms in total. The molecule has 0 bridgehead atoms. The monoisotopic (exact) mass is 374 g/mol. The number of nitro groups is 1. The van der Waals surface area contributed by atoms with Crippen LogP contribution in [0.15, 0.2) is 18.2 Å². The van der Waals surface area contributed by atoms with Crippen LogP contribution in [0.4, 0.5) is 11.4 Å². The Labute approximate surface area is 158 Å². The number of amides is 2. The predicted octanol–water partition coefficient (Wildman–Crippen LogP) is 2.64. The summed E-state index contributed by atoms with van der Waals surface area (Å²) in [5, 5.41) is 14.6. The number of nitrogens with one attached hydrogen (secondary N) is 1. The van der Waals surface area contributed by atoms with E-state index >= 15 is 0 Å². The fraction of sp³-hybridized carbons (Fsp3) is 0.579. The summed E-state index contributed by atoms with van der Waals surface area (Å²) in [6.07, 6.45) is 2.21. The van der Waals surface area contributed by atoms with Crippen molar-refractivity contribution in [1.82, 2.24) is 9.80 Å². The largest absolute Gasteiger partial charge is 0.380 e. The maximum absolute atomic E-state index is 12.7. The highest BCUT2D eigenvalue weighted by molar-refractivity contribution is 5.99. The molecule has 2 aliphatic rings. The van der Waals surface area contributed by atoms with Crippen molar-refractivity contribution in [2.45, 2.75) is 51.6 Å². The standard InChI is InChI=1S/C19H26N4O4/c1-19(2,3)22-12-14(11-17(22)24)20-13-6-7-16(23(26)27)15(10-13)18(25)21-8-4-5-9-21/h6-7,10,14,20H,4-5,8-9,11-12H2,1-3H3. The van der Waals surface area contributed by atoms with Crippen LogP contribution in [0.3, 0.4) is 0 Å². The van der Waals surface area contributed by atoms with Gasteiger partial charge in [0.15, 0.2) is 0 Å². The van der Waals surface area contributed by atoms with Gasteiger partial charge in [0, 0.05) is 43.3 Å². The van der Waals surface area contributed by atoms with Crippen molar-refractivity contribution in [3.8, 4) is 0 Å². The molecule has 1 atom stereocenters. The molecule has 2 aliphatic heterocycles. The highest BCUT2D eigenvalue weighted by Crippen LogP contribution is 2.28. The SMILES string of the molecule is CC(C)(C)N1CC(Nc2ccc([N+](=O)[O-])c(C(=O)N3CCCC3)c2)CC1=O. The lowest BCUT2D eigenvalue weighted by Gasteiger charge is -2.32. The van der Waals surface area contributed by atoms with Crippen LogP contribution < -0.4 is 5.32 Å². The van der Waals surface area contributed by atoms with Gasteiger partial charge < -0.3 is 15.1 Å². The van der Waals surface area contributed by atoms with Gasteiger partial charge >= 0.3 is 0 Å². The Morgan fingerprint density at radius 2 is 1.93 bits per heavy atom. The molecular formula is C19H26N4O4. The third kappa shape index (κ3) is 4.04. The van der Waals surface area contributed by atoms with Crippen LogP contribution in [0.5, 0.6) is 0 Å². The molecule has 2 saturated heterocycles. The number of hydrogen-bond donors (Lipinski definition) is 1. The van der Waals surface area contributed by atoms with Crippen molar-refractivity contribution in [1.29, 1.82) is 0 Å². The van der Waals surface area contributed by atoms with Crippen LogP contribution in [0.2, 0.25) is 0 Å². The summed E-state index contributed by atoms with van der Waals surface area (Å²) in [4.78, 5) is 39.3. The summed E-state index contributed by atoms with van der Waals surface area (Å²) >= 11 is 0. The van der Waals surface area contributed by atoms with Gasteiger partial charge in [-0.05, 0) is 45.7 Å². The first-order valence-corrected chi connectivity index (χ1v) is 9.31. The van der Waals surface area contributed by atoms with Gasteiger partial charge in [-0.3, -0.25) is 19.7 Å². The number of rotatable bonds is 4. The van der Waals surface area contributed by atoms with E-state index in [1.165, 1.54) is 6.07 Å². The Balaban J connectivity index is 1.81. The molecule has 0 spiro atoms. The number of nitro benzene ring substituents is 1. The molecule has 0 saturated carbocycles. The molecule has 3 rings (SSSR count). The molecule has 1 N–H and O–H groups in total. The van der Waals surface area contributed by atoms with Crippen molar-refractivity contribution in [3.05, 3.63) is 33.9 Å². The summed E-state index contributed by atoms with van der Waals surface area (Å²) in [5.74, 6) is -0.225. The number of nitrogens with zero attached hydrogens (tertiary/aromatic N) is 3. The molecule has 2 amide bonds. The number of likely N-dealkylation sites (tertiary alicyclic amines) is 2. The van der Waals surface area contributed by atoms with Crippen molar-refractivity contribution >= 4 is 23.2 Å². The van der Waals surface area contributed by atoms with Gasteiger partial charge in [-0.15, -0.1) is 0 Å². The second-order valence-electron chi connectivity index (χ2n) is 8.21. The van der Waals surface area contributed by atoms with Gasteiger partial charge in [-0.1, -0.05) is 0 Å². The number of anilines is 1. The van der Waals surface area contributed by atoms with Crippen molar-refractivity contribution in [2.24, 2.45) is 0 Å². The molecule has 0 radical (unpaired) electrons. The first-order valence-electron chi connectivity index (χ1n) is 9.31. The molecule has 0 aliphatic carbocycles. The molecule has 2 fully saturated rings. The molecule has 2 heterocycles. The van der Waals surface area contributed by atoms with Gasteiger partial charge in [0.2, 0.25) is 5.91 Å². The average Bonchev–Trinajstić information content (AvgIpc) is 3.23. The van der Waals surface area contributed by atoms with Gasteiger partial charge in [0.05, 0.1) is 11.0 Å². The van der Waals surface area contributed by atoms with Crippen molar-refractivity contribution < 1.29 is 14.5 Å². The third-order valence-electron chi connectivity index (χ3n) is 5.12. The Kier molecular flexibility index (Phi) is 5.08. The van der Waals surface area contributed by atoms with Crippen LogP contribution in [0.1, 0.15) is 50.4 Å². The van der Waals surface area contributed by atoms with Crippen LogP contribution in [0, 0.1) is 10.1 Å². The molecule has 1 aromatic carbocycles. The second-order valence-corrected chi connectivity index (χ2v) is 8.21. The van der Waals surface area contributed by atoms with E-state index in [9.17, 15) is 19.7 Å². The second kappa shape index (κ2) is 7.17. The Morgan fingerprint density at radius 1 is 1.26 bits per heavy atom. The molecule has 8 heteroatoms. The summed E-state index contributed by atoms with van der Waals surface area (Å²) < 4.78 is 0. The van der Waals surface area contributed by atoms with Gasteiger partial charge in [0.25, 0.3) is 11.6 Å². The quantitative estimate of drug-likeness (QED) is 0.646. The summed E-state index contributed by atoms with van der Waals surface area (Å²) in [5.41, 5.74) is 0.289. The fourth-order valence-electron chi connectivity index (χ4n) is 3.73. The Morgan fingerprint density at radius 3 is 2.48 bits per heavy atom. The summed E-state index contributed by atoms with van der Waals surface area (Å²) in [6.45, 7) is 7.80. The fourth-order valence-corrected chi connectivity index (χ4v) is 3.73. The highest BCUT2D eigenvalue weighted by atomic mass is 16.6. The molecular weight excluding hydrogens is 348 g/mol. The van der Waals surface area contributed by atoms with E-state index in [2.05, 4.69) is 5.32 Å². The van der Waals surface area contributed by atoms with E-state index in [0.29, 0.717) is 31.7 Å². The maximum atomic E-state index is 12.7. The van der Waals surface area contributed by atoms with E-state index in [1.807, 2.05) is 25.7 Å². The number of carbonyl (C=O) groups is 2. The van der Waals surface area contributed by atoms with E-state index < -0.39 is 4.92 Å². The summed E-state index contributed by atoms with van der Waals surface area (Å²) in [6, 6.07) is 4.42. The first-order chi connectivity index (χ1) is 12.7. The van der Waals surface area contributed by atoms with Crippen molar-refractivity contribution in [3.63, 3.8) is 0 Å². The van der Waals surface area contributed by atoms with Gasteiger partial charge in [-0.25, -0.2) is 0 Å².